The van der Waals surface area contributed by atoms with Crippen molar-refractivity contribution in [3.63, 3.8) is 0 Å². The molecule has 28 heavy (non-hydrogen) atoms. The van der Waals surface area contributed by atoms with Crippen molar-refractivity contribution in [2.75, 3.05) is 39.4 Å². The van der Waals surface area contributed by atoms with E-state index in [1.165, 1.54) is 5.56 Å². The Bertz CT molecular complexity index is 682. The Morgan fingerprint density at radius 2 is 1.82 bits per heavy atom. The van der Waals surface area contributed by atoms with Crippen LogP contribution in [0, 0.1) is 0 Å². The van der Waals surface area contributed by atoms with Crippen LogP contribution in [0.25, 0.3) is 0 Å². The summed E-state index contributed by atoms with van der Waals surface area (Å²) in [5.41, 5.74) is 2.23. The van der Waals surface area contributed by atoms with E-state index in [2.05, 4.69) is 22.3 Å². The fourth-order valence-corrected chi connectivity index (χ4v) is 3.20. The molecule has 0 radical (unpaired) electrons. The van der Waals surface area contributed by atoms with Gasteiger partial charge in [0.15, 0.2) is 0 Å². The minimum atomic E-state index is 0. The smallest absolute Gasteiger partial charge is 0.120 e. The van der Waals surface area contributed by atoms with Gasteiger partial charge in [0.25, 0.3) is 0 Å². The van der Waals surface area contributed by atoms with Crippen molar-refractivity contribution in [2.45, 2.75) is 19.6 Å². The lowest BCUT2D eigenvalue weighted by molar-refractivity contribution is 0.0374. The largest absolute Gasteiger partial charge is 0.489 e. The normalized spacial score (nSPS) is 14.0. The molecule has 0 atom stereocenters. The van der Waals surface area contributed by atoms with Crippen LogP contribution >= 0.6 is 36.4 Å². The van der Waals surface area contributed by atoms with E-state index in [0.29, 0.717) is 6.61 Å². The molecule has 2 aromatic carbocycles. The Hall–Kier alpha value is -1.01. The van der Waals surface area contributed by atoms with Crippen molar-refractivity contribution in [2.24, 2.45) is 0 Å². The molecule has 0 spiro atoms. The number of nitrogens with zero attached hydrogens (tertiary/aromatic N) is 1. The molecule has 4 nitrogen and oxygen atoms in total. The molecule has 1 fully saturated rings. The van der Waals surface area contributed by atoms with Crippen LogP contribution in [-0.4, -0.2) is 44.3 Å². The molecule has 1 N–H and O–H groups in total. The first-order chi connectivity index (χ1) is 12.8. The molecule has 1 heterocycles. The summed E-state index contributed by atoms with van der Waals surface area (Å²) in [6, 6.07) is 16.0. The van der Waals surface area contributed by atoms with Crippen LogP contribution in [0.3, 0.4) is 0 Å². The lowest BCUT2D eigenvalue weighted by Crippen LogP contribution is -2.37. The molecule has 0 bridgehead atoms. The average molecular weight is 448 g/mol. The summed E-state index contributed by atoms with van der Waals surface area (Å²) < 4.78 is 11.3. The van der Waals surface area contributed by atoms with Gasteiger partial charge in [0.1, 0.15) is 12.4 Å². The van der Waals surface area contributed by atoms with Crippen LogP contribution in [0.1, 0.15) is 17.5 Å². The Labute approximate surface area is 185 Å². The van der Waals surface area contributed by atoms with Crippen molar-refractivity contribution in [1.82, 2.24) is 10.2 Å². The fraction of sp³-hybridized carbons (Fsp3) is 0.429. The van der Waals surface area contributed by atoms with E-state index in [-0.39, 0.29) is 24.8 Å². The van der Waals surface area contributed by atoms with Gasteiger partial charge in [-0.25, -0.2) is 0 Å². The van der Waals surface area contributed by atoms with Crippen molar-refractivity contribution in [3.05, 3.63) is 64.7 Å². The maximum absolute atomic E-state index is 6.18. The second kappa shape index (κ2) is 14.0. The SMILES string of the molecule is Cl.Cl.Clc1ccccc1COc1cccc(CNCCCN2CCOCC2)c1. The highest BCUT2D eigenvalue weighted by atomic mass is 35.5. The molecule has 0 aliphatic carbocycles. The summed E-state index contributed by atoms with van der Waals surface area (Å²) in [6.45, 7) is 7.35. The summed E-state index contributed by atoms with van der Waals surface area (Å²) in [5, 5.41) is 4.26. The molecule has 0 amide bonds. The summed E-state index contributed by atoms with van der Waals surface area (Å²) in [6.07, 6.45) is 1.16. The van der Waals surface area contributed by atoms with Crippen LogP contribution in [-0.2, 0) is 17.9 Å². The number of hydrogen-bond acceptors (Lipinski definition) is 4. The molecule has 2 aromatic rings. The van der Waals surface area contributed by atoms with Crippen molar-refractivity contribution in [1.29, 1.82) is 0 Å². The molecule has 7 heteroatoms. The van der Waals surface area contributed by atoms with Crippen LogP contribution in [0.2, 0.25) is 5.02 Å². The van der Waals surface area contributed by atoms with Gasteiger partial charge in [0, 0.05) is 30.2 Å². The third-order valence-electron chi connectivity index (χ3n) is 4.51. The van der Waals surface area contributed by atoms with E-state index in [0.717, 1.165) is 68.7 Å². The number of nitrogens with one attached hydrogen (secondary N) is 1. The highest BCUT2D eigenvalue weighted by Gasteiger charge is 2.09. The molecule has 3 rings (SSSR count). The standard InChI is InChI=1S/C21H27ClN2O2.2ClH/c22-21-8-2-1-6-19(21)17-26-20-7-3-5-18(15-20)16-23-9-4-10-24-11-13-25-14-12-24;;/h1-3,5-8,15,23H,4,9-14,16-17H2;2*1H. The average Bonchev–Trinajstić information content (AvgIpc) is 2.68. The second-order valence-corrected chi connectivity index (χ2v) is 6.92. The number of rotatable bonds is 9. The number of halogens is 3. The first kappa shape index (κ1) is 25.0. The number of morpholine rings is 1. The Balaban J connectivity index is 0.00000196. The van der Waals surface area contributed by atoms with Gasteiger partial charge < -0.3 is 14.8 Å². The zero-order valence-corrected chi connectivity index (χ0v) is 18.3. The zero-order chi connectivity index (χ0) is 18.0. The molecule has 0 saturated carbocycles. The molecule has 156 valence electrons. The van der Waals surface area contributed by atoms with Gasteiger partial charge in [-0.2, -0.15) is 0 Å². The van der Waals surface area contributed by atoms with Crippen LogP contribution < -0.4 is 10.1 Å². The van der Waals surface area contributed by atoms with E-state index in [1.54, 1.807) is 0 Å². The van der Waals surface area contributed by atoms with Gasteiger partial charge >= 0.3 is 0 Å². The molecule has 0 unspecified atom stereocenters. The summed E-state index contributed by atoms with van der Waals surface area (Å²) in [4.78, 5) is 2.47. The van der Waals surface area contributed by atoms with Gasteiger partial charge in [-0.1, -0.05) is 41.9 Å². The molecular formula is C21H29Cl3N2O2. The van der Waals surface area contributed by atoms with Gasteiger partial charge in [-0.15, -0.1) is 24.8 Å². The lowest BCUT2D eigenvalue weighted by Gasteiger charge is -2.26. The monoisotopic (exact) mass is 446 g/mol. The van der Waals surface area contributed by atoms with Crippen molar-refractivity contribution < 1.29 is 9.47 Å². The second-order valence-electron chi connectivity index (χ2n) is 6.51. The number of hydrogen-bond donors (Lipinski definition) is 1. The lowest BCUT2D eigenvalue weighted by atomic mass is 10.2. The zero-order valence-electron chi connectivity index (χ0n) is 15.9. The Morgan fingerprint density at radius 3 is 2.61 bits per heavy atom. The van der Waals surface area contributed by atoms with Crippen molar-refractivity contribution in [3.8, 4) is 5.75 Å². The first-order valence-electron chi connectivity index (χ1n) is 9.27. The summed E-state index contributed by atoms with van der Waals surface area (Å²) in [7, 11) is 0. The van der Waals surface area contributed by atoms with E-state index < -0.39 is 0 Å². The predicted octanol–water partition coefficient (Wildman–Crippen LogP) is 4.57. The van der Waals surface area contributed by atoms with Gasteiger partial charge in [-0.3, -0.25) is 4.90 Å². The third-order valence-corrected chi connectivity index (χ3v) is 4.88. The minimum absolute atomic E-state index is 0. The summed E-state index contributed by atoms with van der Waals surface area (Å²) >= 11 is 6.18. The fourth-order valence-electron chi connectivity index (χ4n) is 3.01. The Morgan fingerprint density at radius 1 is 1.04 bits per heavy atom. The molecule has 1 aliphatic rings. The minimum Gasteiger partial charge on any atom is -0.489 e. The number of benzene rings is 2. The van der Waals surface area contributed by atoms with Crippen molar-refractivity contribution >= 4 is 36.4 Å². The van der Waals surface area contributed by atoms with Crippen LogP contribution in [0.4, 0.5) is 0 Å². The van der Waals surface area contributed by atoms with E-state index >= 15 is 0 Å². The first-order valence-corrected chi connectivity index (χ1v) is 9.65. The predicted molar refractivity (Wildman–Crippen MR) is 120 cm³/mol. The maximum atomic E-state index is 6.18. The Kier molecular flexibility index (Phi) is 12.6. The van der Waals surface area contributed by atoms with E-state index in [1.807, 2.05) is 36.4 Å². The highest BCUT2D eigenvalue weighted by molar-refractivity contribution is 6.31. The molecule has 1 aliphatic heterocycles. The molecule has 0 aromatic heterocycles. The van der Waals surface area contributed by atoms with Crippen LogP contribution in [0.5, 0.6) is 5.75 Å². The third kappa shape index (κ3) is 8.56. The summed E-state index contributed by atoms with van der Waals surface area (Å²) in [5.74, 6) is 0.873. The van der Waals surface area contributed by atoms with Gasteiger partial charge in [0.2, 0.25) is 0 Å². The van der Waals surface area contributed by atoms with Gasteiger partial charge in [0.05, 0.1) is 13.2 Å². The topological polar surface area (TPSA) is 33.7 Å². The van der Waals surface area contributed by atoms with Crippen LogP contribution in [0.15, 0.2) is 48.5 Å². The van der Waals surface area contributed by atoms with Gasteiger partial charge in [-0.05, 0) is 43.3 Å². The number of ether oxygens (including phenoxy) is 2. The van der Waals surface area contributed by atoms with E-state index in [4.69, 9.17) is 21.1 Å². The maximum Gasteiger partial charge on any atom is 0.120 e. The molecule has 1 saturated heterocycles. The quantitative estimate of drug-likeness (QED) is 0.571. The highest BCUT2D eigenvalue weighted by Crippen LogP contribution is 2.19. The molecular weight excluding hydrogens is 419 g/mol. The van der Waals surface area contributed by atoms with E-state index in [9.17, 15) is 0 Å².